The third-order valence-corrected chi connectivity index (χ3v) is 6.14. The van der Waals surface area contributed by atoms with Gasteiger partial charge in [-0.05, 0) is 22.6 Å². The zero-order valence-electron chi connectivity index (χ0n) is 18.5. The summed E-state index contributed by atoms with van der Waals surface area (Å²) >= 11 is 1.28. The fourth-order valence-corrected chi connectivity index (χ4v) is 4.44. The van der Waals surface area contributed by atoms with E-state index in [1.165, 1.54) is 11.3 Å². The number of alkyl halides is 2. The highest BCUT2D eigenvalue weighted by Crippen LogP contribution is 2.31. The van der Waals surface area contributed by atoms with Crippen LogP contribution in [0.4, 0.5) is 8.78 Å². The molecule has 1 aromatic heterocycles. The maximum atomic E-state index is 13.5. The molecule has 0 unspecified atom stereocenters. The van der Waals surface area contributed by atoms with E-state index in [1.807, 2.05) is 32.9 Å². The molecule has 1 aromatic carbocycles. The van der Waals surface area contributed by atoms with Crippen molar-refractivity contribution in [3.05, 3.63) is 51.0 Å². The molecule has 0 aliphatic carbocycles. The molecule has 1 saturated heterocycles. The molecule has 3 rings (SSSR count). The smallest absolute Gasteiger partial charge is 0.271 e. The molecule has 1 aliphatic rings. The zero-order chi connectivity index (χ0) is 24.4. The fourth-order valence-electron chi connectivity index (χ4n) is 3.63. The van der Waals surface area contributed by atoms with Crippen LogP contribution in [0.25, 0.3) is 0 Å². The first kappa shape index (κ1) is 24.3. The predicted molar refractivity (Wildman–Crippen MR) is 118 cm³/mol. The Morgan fingerprint density at radius 1 is 1.33 bits per heavy atom. The van der Waals surface area contributed by atoms with E-state index < -0.39 is 43.3 Å². The van der Waals surface area contributed by atoms with Crippen molar-refractivity contribution in [2.45, 2.75) is 51.0 Å². The lowest BCUT2D eigenvalue weighted by atomic mass is 9.83. The molecule has 0 bridgehead atoms. The van der Waals surface area contributed by atoms with Crippen LogP contribution in [0.2, 0.25) is 0 Å². The van der Waals surface area contributed by atoms with Gasteiger partial charge < -0.3 is 10.2 Å². The average molecular weight is 472 g/mol. The molecule has 1 fully saturated rings. The molecule has 1 atom stereocenters. The summed E-state index contributed by atoms with van der Waals surface area (Å²) in [5.74, 6) is -4.45. The van der Waals surface area contributed by atoms with E-state index >= 15 is 0 Å². The molecule has 1 aliphatic heterocycles. The van der Waals surface area contributed by atoms with Crippen LogP contribution >= 0.6 is 11.3 Å². The van der Waals surface area contributed by atoms with Crippen molar-refractivity contribution in [1.29, 1.82) is 10.5 Å². The number of hydrogen-bond donors (Lipinski definition) is 1. The first-order valence-corrected chi connectivity index (χ1v) is 11.1. The highest BCUT2D eigenvalue weighted by molar-refractivity contribution is 7.09. The first-order chi connectivity index (χ1) is 15.4. The summed E-state index contributed by atoms with van der Waals surface area (Å²) in [4.78, 5) is 29.7. The number of nitrogens with one attached hydrogen (secondary N) is 1. The average Bonchev–Trinajstić information content (AvgIpc) is 3.34. The number of amides is 2. The molecule has 1 N–H and O–H groups in total. The van der Waals surface area contributed by atoms with Gasteiger partial charge >= 0.3 is 0 Å². The Morgan fingerprint density at radius 3 is 2.70 bits per heavy atom. The topological polar surface area (TPSA) is 110 Å². The van der Waals surface area contributed by atoms with E-state index in [2.05, 4.69) is 16.4 Å². The number of carbonyl (C=O) groups excluding carboxylic acids is 2. The number of nitrogens with zero attached hydrogens (tertiary/aromatic N) is 4. The summed E-state index contributed by atoms with van der Waals surface area (Å²) < 4.78 is 27.0. The van der Waals surface area contributed by atoms with Crippen LogP contribution in [0.5, 0.6) is 0 Å². The number of nitriles is 2. The highest BCUT2D eigenvalue weighted by Gasteiger charge is 2.47. The van der Waals surface area contributed by atoms with Crippen LogP contribution in [0.3, 0.4) is 0 Å². The van der Waals surface area contributed by atoms with E-state index in [0.29, 0.717) is 17.0 Å². The van der Waals surface area contributed by atoms with Crippen molar-refractivity contribution in [3.63, 3.8) is 0 Å². The van der Waals surface area contributed by atoms with Crippen molar-refractivity contribution in [2.24, 2.45) is 0 Å². The van der Waals surface area contributed by atoms with Crippen LogP contribution in [-0.4, -0.2) is 46.8 Å². The molecule has 2 heterocycles. The quantitative estimate of drug-likeness (QED) is 0.719. The lowest BCUT2D eigenvalue weighted by Gasteiger charge is -2.21. The number of hydrogen-bond acceptors (Lipinski definition) is 6. The van der Waals surface area contributed by atoms with Crippen LogP contribution in [0.1, 0.15) is 59.4 Å². The lowest BCUT2D eigenvalue weighted by Crippen LogP contribution is -2.43. The van der Waals surface area contributed by atoms with Crippen LogP contribution in [0.15, 0.2) is 23.6 Å². The van der Waals surface area contributed by atoms with Gasteiger partial charge in [0.1, 0.15) is 11.7 Å². The van der Waals surface area contributed by atoms with Gasteiger partial charge in [-0.25, -0.2) is 13.8 Å². The summed E-state index contributed by atoms with van der Waals surface area (Å²) in [7, 11) is 0. The van der Waals surface area contributed by atoms with Gasteiger partial charge in [0.2, 0.25) is 5.91 Å². The third-order valence-electron chi connectivity index (χ3n) is 5.29. The Morgan fingerprint density at radius 2 is 2.06 bits per heavy atom. The minimum atomic E-state index is -3.11. The number of carbonyl (C=O) groups is 2. The number of benzene rings is 1. The summed E-state index contributed by atoms with van der Waals surface area (Å²) in [5.41, 5.74) is 2.41. The van der Waals surface area contributed by atoms with Gasteiger partial charge in [0.25, 0.3) is 11.8 Å². The lowest BCUT2D eigenvalue weighted by molar-refractivity contribution is -0.131. The van der Waals surface area contributed by atoms with Crippen molar-refractivity contribution >= 4 is 23.2 Å². The van der Waals surface area contributed by atoms with E-state index in [-0.39, 0.29) is 11.1 Å². The summed E-state index contributed by atoms with van der Waals surface area (Å²) in [6, 6.07) is 8.30. The first-order valence-electron chi connectivity index (χ1n) is 10.3. The number of halogens is 2. The molecule has 2 amide bonds. The zero-order valence-corrected chi connectivity index (χ0v) is 19.3. The van der Waals surface area contributed by atoms with Crippen LogP contribution < -0.4 is 5.32 Å². The van der Waals surface area contributed by atoms with Crippen LogP contribution in [0, 0.1) is 22.7 Å². The molecule has 7 nitrogen and oxygen atoms in total. The van der Waals surface area contributed by atoms with Gasteiger partial charge in [-0.3, -0.25) is 9.59 Å². The molecule has 0 radical (unpaired) electrons. The highest BCUT2D eigenvalue weighted by atomic mass is 32.1. The Kier molecular flexibility index (Phi) is 6.80. The molecule has 33 heavy (non-hydrogen) atoms. The second-order valence-corrected chi connectivity index (χ2v) is 9.90. The predicted octanol–water partition coefficient (Wildman–Crippen LogP) is 3.39. The van der Waals surface area contributed by atoms with Gasteiger partial charge in [0.05, 0.1) is 35.8 Å². The standard InChI is InChI=1S/C23H23F2N5O2S/c1-22(2,3)17-6-14(4-5-15(17)9-26)7-19-29-18(12-33-19)21(32)28-11-20(31)30-13-23(24,25)8-16(30)10-27/h4-6,12,16H,7-8,11,13H2,1-3H3,(H,28,32)/t16-/m0/s1. The molecular formula is C23H23F2N5O2S. The van der Waals surface area contributed by atoms with Gasteiger partial charge in [0, 0.05) is 18.2 Å². The van der Waals surface area contributed by atoms with Gasteiger partial charge in [-0.15, -0.1) is 11.3 Å². The van der Waals surface area contributed by atoms with Crippen molar-refractivity contribution in [3.8, 4) is 12.1 Å². The maximum Gasteiger partial charge on any atom is 0.271 e. The molecule has 10 heteroatoms. The molecular weight excluding hydrogens is 448 g/mol. The second-order valence-electron chi connectivity index (χ2n) is 8.95. The summed E-state index contributed by atoms with van der Waals surface area (Å²) in [6.45, 7) is 4.76. The SMILES string of the molecule is CC(C)(C)c1cc(Cc2nc(C(=O)NCC(=O)N3CC(F)(F)C[C@H]3C#N)cs2)ccc1C#N. The number of aromatic nitrogens is 1. The number of thiazole rings is 1. The Labute approximate surface area is 194 Å². The van der Waals surface area contributed by atoms with Crippen LogP contribution in [-0.2, 0) is 16.6 Å². The number of rotatable bonds is 5. The van der Waals surface area contributed by atoms with E-state index in [9.17, 15) is 23.6 Å². The molecule has 0 saturated carbocycles. The monoisotopic (exact) mass is 471 g/mol. The van der Waals surface area contributed by atoms with Gasteiger partial charge in [0.15, 0.2) is 0 Å². The molecule has 172 valence electrons. The molecule has 0 spiro atoms. The van der Waals surface area contributed by atoms with Gasteiger partial charge in [-0.2, -0.15) is 10.5 Å². The molecule has 2 aromatic rings. The van der Waals surface area contributed by atoms with Crippen molar-refractivity contribution in [1.82, 2.24) is 15.2 Å². The van der Waals surface area contributed by atoms with Crippen molar-refractivity contribution in [2.75, 3.05) is 13.1 Å². The van der Waals surface area contributed by atoms with Gasteiger partial charge in [-0.1, -0.05) is 32.9 Å². The fraction of sp³-hybridized carbons (Fsp3) is 0.435. The normalized spacial score (nSPS) is 17.3. The number of likely N-dealkylation sites (tertiary alicyclic amines) is 1. The van der Waals surface area contributed by atoms with E-state index in [0.717, 1.165) is 16.0 Å². The largest absolute Gasteiger partial charge is 0.342 e. The summed E-state index contributed by atoms with van der Waals surface area (Å²) in [6.07, 6.45) is -0.233. The van der Waals surface area contributed by atoms with Crippen molar-refractivity contribution < 1.29 is 18.4 Å². The maximum absolute atomic E-state index is 13.5. The van der Waals surface area contributed by atoms with E-state index in [4.69, 9.17) is 5.26 Å². The third kappa shape index (κ3) is 5.71. The Hall–Kier alpha value is -3.37. The second kappa shape index (κ2) is 9.24. The Bertz CT molecular complexity index is 1160. The van der Waals surface area contributed by atoms with E-state index in [1.54, 1.807) is 17.5 Å². The minimum absolute atomic E-state index is 0.121. The Balaban J connectivity index is 1.63. The summed E-state index contributed by atoms with van der Waals surface area (Å²) in [5, 5.41) is 23.0. The minimum Gasteiger partial charge on any atom is -0.342 e.